The number of rotatable bonds is 8. The Morgan fingerprint density at radius 1 is 1.07 bits per heavy atom. The van der Waals surface area contributed by atoms with Crippen LogP contribution in [-0.4, -0.2) is 39.1 Å². The lowest BCUT2D eigenvalue weighted by Gasteiger charge is -2.19. The Balaban J connectivity index is 2.99. The van der Waals surface area contributed by atoms with Gasteiger partial charge in [-0.15, -0.1) is 0 Å². The molecule has 0 amide bonds. The molecule has 0 saturated carbocycles. The van der Waals surface area contributed by atoms with Crippen LogP contribution >= 0.6 is 0 Å². The Hall–Kier alpha value is -0.160. The van der Waals surface area contributed by atoms with Gasteiger partial charge in [0.05, 0.1) is 12.2 Å². The highest BCUT2D eigenvalue weighted by molar-refractivity contribution is 4.56. The molecule has 0 spiro atoms. The van der Waals surface area contributed by atoms with Crippen LogP contribution < -0.4 is 5.48 Å². The van der Waals surface area contributed by atoms with Gasteiger partial charge in [-0.05, 0) is 27.2 Å². The van der Waals surface area contributed by atoms with E-state index < -0.39 is 0 Å². The van der Waals surface area contributed by atoms with Crippen molar-refractivity contribution in [2.75, 3.05) is 33.5 Å². The highest BCUT2D eigenvalue weighted by Crippen LogP contribution is 2.02. The SMILES string of the molecule is COCCCOCCNOC(C)(C)C. The molecule has 1 N–H and O–H groups in total. The largest absolute Gasteiger partial charge is 0.385 e. The molecule has 0 aromatic carbocycles. The summed E-state index contributed by atoms with van der Waals surface area (Å²) in [6.45, 7) is 8.87. The summed E-state index contributed by atoms with van der Waals surface area (Å²) in [7, 11) is 1.69. The van der Waals surface area contributed by atoms with Gasteiger partial charge in [-0.2, -0.15) is 5.48 Å². The quantitative estimate of drug-likeness (QED) is 0.480. The van der Waals surface area contributed by atoms with Gasteiger partial charge in [0.25, 0.3) is 0 Å². The van der Waals surface area contributed by atoms with Crippen LogP contribution in [0.15, 0.2) is 0 Å². The number of hydroxylamine groups is 1. The highest BCUT2D eigenvalue weighted by atomic mass is 16.7. The minimum atomic E-state index is -0.143. The Morgan fingerprint density at radius 2 is 1.79 bits per heavy atom. The minimum Gasteiger partial charge on any atom is -0.385 e. The van der Waals surface area contributed by atoms with Crippen molar-refractivity contribution in [2.45, 2.75) is 32.8 Å². The average molecular weight is 205 g/mol. The zero-order valence-electron chi connectivity index (χ0n) is 9.76. The van der Waals surface area contributed by atoms with Crippen LogP contribution in [0.1, 0.15) is 27.2 Å². The normalized spacial score (nSPS) is 12.0. The molecule has 0 atom stereocenters. The molecule has 0 aliphatic rings. The van der Waals surface area contributed by atoms with E-state index in [2.05, 4.69) is 5.48 Å². The van der Waals surface area contributed by atoms with Gasteiger partial charge in [0.15, 0.2) is 0 Å². The van der Waals surface area contributed by atoms with Crippen LogP contribution in [0.2, 0.25) is 0 Å². The maximum atomic E-state index is 5.33. The fourth-order valence-corrected chi connectivity index (χ4v) is 0.789. The van der Waals surface area contributed by atoms with Crippen LogP contribution in [0.4, 0.5) is 0 Å². The van der Waals surface area contributed by atoms with Gasteiger partial charge in [0.2, 0.25) is 0 Å². The molecule has 0 saturated heterocycles. The molecule has 4 heteroatoms. The molecule has 4 nitrogen and oxygen atoms in total. The first-order valence-corrected chi connectivity index (χ1v) is 5.04. The summed E-state index contributed by atoms with van der Waals surface area (Å²) in [5.74, 6) is 0. The van der Waals surface area contributed by atoms with Gasteiger partial charge in [0.1, 0.15) is 0 Å². The smallest absolute Gasteiger partial charge is 0.0812 e. The number of methoxy groups -OCH3 is 1. The highest BCUT2D eigenvalue weighted by Gasteiger charge is 2.08. The molecule has 0 aromatic heterocycles. The zero-order chi connectivity index (χ0) is 10.9. The van der Waals surface area contributed by atoms with Crippen molar-refractivity contribution in [3.8, 4) is 0 Å². The maximum Gasteiger partial charge on any atom is 0.0812 e. The molecule has 14 heavy (non-hydrogen) atoms. The van der Waals surface area contributed by atoms with E-state index in [1.165, 1.54) is 0 Å². The molecule has 0 aliphatic carbocycles. The van der Waals surface area contributed by atoms with Crippen LogP contribution in [0.25, 0.3) is 0 Å². The lowest BCUT2D eigenvalue weighted by molar-refractivity contribution is -0.0790. The van der Waals surface area contributed by atoms with E-state index in [9.17, 15) is 0 Å². The maximum absolute atomic E-state index is 5.33. The van der Waals surface area contributed by atoms with Gasteiger partial charge in [0, 0.05) is 26.9 Å². The van der Waals surface area contributed by atoms with Gasteiger partial charge in [-0.1, -0.05) is 0 Å². The Kier molecular flexibility index (Phi) is 8.08. The summed E-state index contributed by atoms with van der Waals surface area (Å²) in [5.41, 5.74) is 2.72. The molecular formula is C10H23NO3. The summed E-state index contributed by atoms with van der Waals surface area (Å²) < 4.78 is 10.2. The number of hydrogen-bond acceptors (Lipinski definition) is 4. The predicted molar refractivity (Wildman–Crippen MR) is 56.2 cm³/mol. The topological polar surface area (TPSA) is 39.7 Å². The van der Waals surface area contributed by atoms with E-state index in [1.54, 1.807) is 7.11 Å². The number of nitrogens with one attached hydrogen (secondary N) is 1. The monoisotopic (exact) mass is 205 g/mol. The Bertz CT molecular complexity index is 123. The summed E-state index contributed by atoms with van der Waals surface area (Å²) in [6.07, 6.45) is 0.941. The standard InChI is InChI=1S/C10H23NO3/c1-10(2,3)14-11-6-9-13-8-5-7-12-4/h11H,5-9H2,1-4H3. The Labute approximate surface area is 86.9 Å². The predicted octanol–water partition coefficient (Wildman–Crippen LogP) is 1.36. The fourth-order valence-electron chi connectivity index (χ4n) is 0.789. The van der Waals surface area contributed by atoms with Crippen LogP contribution in [0, 0.1) is 0 Å². The van der Waals surface area contributed by atoms with Crippen molar-refractivity contribution in [3.05, 3.63) is 0 Å². The van der Waals surface area contributed by atoms with Gasteiger partial charge in [-0.25, -0.2) is 0 Å². The van der Waals surface area contributed by atoms with E-state index in [1.807, 2.05) is 20.8 Å². The summed E-state index contributed by atoms with van der Waals surface area (Å²) in [5, 5.41) is 0. The van der Waals surface area contributed by atoms with Gasteiger partial charge >= 0.3 is 0 Å². The van der Waals surface area contributed by atoms with E-state index >= 15 is 0 Å². The molecule has 0 radical (unpaired) electrons. The second-order valence-corrected chi connectivity index (χ2v) is 4.07. The van der Waals surface area contributed by atoms with Crippen molar-refractivity contribution in [2.24, 2.45) is 0 Å². The van der Waals surface area contributed by atoms with Crippen LogP contribution in [-0.2, 0) is 14.3 Å². The fraction of sp³-hybridized carbons (Fsp3) is 1.00. The molecule has 0 bridgehead atoms. The van der Waals surface area contributed by atoms with Crippen molar-refractivity contribution in [1.29, 1.82) is 0 Å². The van der Waals surface area contributed by atoms with Crippen LogP contribution in [0.5, 0.6) is 0 Å². The number of hydrogen-bond donors (Lipinski definition) is 1. The van der Waals surface area contributed by atoms with Gasteiger partial charge in [-0.3, -0.25) is 4.84 Å². The van der Waals surface area contributed by atoms with E-state index in [4.69, 9.17) is 14.3 Å². The first-order chi connectivity index (χ1) is 6.56. The first kappa shape index (κ1) is 13.8. The summed E-state index contributed by atoms with van der Waals surface area (Å²) in [6, 6.07) is 0. The van der Waals surface area contributed by atoms with Crippen LogP contribution in [0.3, 0.4) is 0 Å². The molecule has 0 aromatic rings. The molecule has 86 valence electrons. The third-order valence-electron chi connectivity index (χ3n) is 1.36. The Morgan fingerprint density at radius 3 is 2.36 bits per heavy atom. The molecule has 0 unspecified atom stereocenters. The third kappa shape index (κ3) is 11.8. The third-order valence-corrected chi connectivity index (χ3v) is 1.36. The zero-order valence-corrected chi connectivity index (χ0v) is 9.76. The molecule has 0 aliphatic heterocycles. The second-order valence-electron chi connectivity index (χ2n) is 4.07. The van der Waals surface area contributed by atoms with E-state index in [0.717, 1.165) is 19.6 Å². The lowest BCUT2D eigenvalue weighted by atomic mass is 10.2. The minimum absolute atomic E-state index is 0.143. The number of ether oxygens (including phenoxy) is 2. The lowest BCUT2D eigenvalue weighted by Crippen LogP contribution is -2.31. The summed E-state index contributed by atoms with van der Waals surface area (Å²) in [4.78, 5) is 5.30. The summed E-state index contributed by atoms with van der Waals surface area (Å²) >= 11 is 0. The second kappa shape index (κ2) is 8.17. The molecular weight excluding hydrogens is 182 g/mol. The molecule has 0 rings (SSSR count). The van der Waals surface area contributed by atoms with E-state index in [-0.39, 0.29) is 5.60 Å². The first-order valence-electron chi connectivity index (χ1n) is 5.04. The van der Waals surface area contributed by atoms with E-state index in [0.29, 0.717) is 13.2 Å². The van der Waals surface area contributed by atoms with Crippen molar-refractivity contribution in [1.82, 2.24) is 5.48 Å². The molecule has 0 heterocycles. The van der Waals surface area contributed by atoms with Crippen molar-refractivity contribution in [3.63, 3.8) is 0 Å². The van der Waals surface area contributed by atoms with Gasteiger partial charge < -0.3 is 9.47 Å². The molecule has 0 fully saturated rings. The van der Waals surface area contributed by atoms with Crippen molar-refractivity contribution < 1.29 is 14.3 Å². The van der Waals surface area contributed by atoms with Crippen molar-refractivity contribution >= 4 is 0 Å². The average Bonchev–Trinajstić information content (AvgIpc) is 2.08.